The van der Waals surface area contributed by atoms with E-state index in [1.54, 1.807) is 0 Å². The number of amides is 1. The SMILES string of the molecule is O=C(CS)N1CCC(CCO)C1. The molecule has 0 aliphatic carbocycles. The molecule has 70 valence electrons. The van der Waals surface area contributed by atoms with Crippen LogP contribution in [0.5, 0.6) is 0 Å². The van der Waals surface area contributed by atoms with Crippen molar-refractivity contribution < 1.29 is 9.90 Å². The molecule has 0 saturated carbocycles. The first kappa shape index (κ1) is 9.86. The van der Waals surface area contributed by atoms with E-state index in [4.69, 9.17) is 5.11 Å². The van der Waals surface area contributed by atoms with Gasteiger partial charge < -0.3 is 10.0 Å². The number of hydrogen-bond acceptors (Lipinski definition) is 3. The molecule has 0 spiro atoms. The zero-order valence-corrected chi connectivity index (χ0v) is 7.96. The highest BCUT2D eigenvalue weighted by atomic mass is 32.1. The minimum atomic E-state index is 0.110. The fourth-order valence-electron chi connectivity index (χ4n) is 1.58. The first-order valence-electron chi connectivity index (χ1n) is 4.27. The van der Waals surface area contributed by atoms with Gasteiger partial charge in [0.1, 0.15) is 0 Å². The second-order valence-electron chi connectivity index (χ2n) is 3.16. The molecule has 4 heteroatoms. The van der Waals surface area contributed by atoms with Gasteiger partial charge in [-0.05, 0) is 18.8 Å². The summed E-state index contributed by atoms with van der Waals surface area (Å²) < 4.78 is 0. The number of hydrogen-bond donors (Lipinski definition) is 2. The topological polar surface area (TPSA) is 40.5 Å². The van der Waals surface area contributed by atoms with Crippen molar-refractivity contribution in [3.63, 3.8) is 0 Å². The molecule has 1 aliphatic heterocycles. The van der Waals surface area contributed by atoms with Crippen molar-refractivity contribution in [1.29, 1.82) is 0 Å². The number of aliphatic hydroxyl groups is 1. The lowest BCUT2D eigenvalue weighted by Crippen LogP contribution is -2.29. The fraction of sp³-hybridized carbons (Fsp3) is 0.875. The highest BCUT2D eigenvalue weighted by molar-refractivity contribution is 7.81. The molecule has 0 aromatic carbocycles. The van der Waals surface area contributed by atoms with Crippen LogP contribution in [0.4, 0.5) is 0 Å². The molecule has 1 fully saturated rings. The van der Waals surface area contributed by atoms with Crippen molar-refractivity contribution in [2.24, 2.45) is 5.92 Å². The van der Waals surface area contributed by atoms with Crippen LogP contribution >= 0.6 is 12.6 Å². The molecule has 1 N–H and O–H groups in total. The normalized spacial score (nSPS) is 23.2. The van der Waals surface area contributed by atoms with Gasteiger partial charge in [-0.1, -0.05) is 0 Å². The summed E-state index contributed by atoms with van der Waals surface area (Å²) in [6.07, 6.45) is 1.84. The lowest BCUT2D eigenvalue weighted by atomic mass is 10.1. The van der Waals surface area contributed by atoms with Crippen molar-refractivity contribution in [3.8, 4) is 0 Å². The monoisotopic (exact) mass is 189 g/mol. The molecule has 3 nitrogen and oxygen atoms in total. The molecule has 1 amide bonds. The van der Waals surface area contributed by atoms with Crippen molar-refractivity contribution in [1.82, 2.24) is 4.90 Å². The minimum absolute atomic E-state index is 0.110. The summed E-state index contributed by atoms with van der Waals surface area (Å²) in [6.45, 7) is 1.87. The third-order valence-corrected chi connectivity index (χ3v) is 2.58. The molecule has 0 bridgehead atoms. The summed E-state index contributed by atoms with van der Waals surface area (Å²) in [5.74, 6) is 0.906. The summed E-state index contributed by atoms with van der Waals surface area (Å²) in [4.78, 5) is 13.0. The summed E-state index contributed by atoms with van der Waals surface area (Å²) >= 11 is 3.93. The van der Waals surface area contributed by atoms with Crippen LogP contribution in [0.3, 0.4) is 0 Å². The van der Waals surface area contributed by atoms with E-state index < -0.39 is 0 Å². The van der Waals surface area contributed by atoms with Crippen LogP contribution in [0, 0.1) is 5.92 Å². The Morgan fingerprint density at radius 1 is 1.67 bits per heavy atom. The second kappa shape index (κ2) is 4.72. The van der Waals surface area contributed by atoms with Gasteiger partial charge in [0.05, 0.1) is 5.75 Å². The zero-order chi connectivity index (χ0) is 8.97. The highest BCUT2D eigenvalue weighted by Gasteiger charge is 2.24. The lowest BCUT2D eigenvalue weighted by Gasteiger charge is -2.14. The number of nitrogens with zero attached hydrogens (tertiary/aromatic N) is 1. The van der Waals surface area contributed by atoms with Gasteiger partial charge >= 0.3 is 0 Å². The van der Waals surface area contributed by atoms with Crippen LogP contribution in [0.1, 0.15) is 12.8 Å². The average Bonchev–Trinajstić information content (AvgIpc) is 2.52. The van der Waals surface area contributed by atoms with Gasteiger partial charge in [-0.3, -0.25) is 4.79 Å². The van der Waals surface area contributed by atoms with E-state index in [0.717, 1.165) is 25.9 Å². The molecule has 1 saturated heterocycles. The first-order chi connectivity index (χ1) is 5.77. The number of carbonyl (C=O) groups excluding carboxylic acids is 1. The number of aliphatic hydroxyl groups excluding tert-OH is 1. The van der Waals surface area contributed by atoms with Crippen molar-refractivity contribution in [2.75, 3.05) is 25.4 Å². The maximum atomic E-state index is 11.2. The maximum Gasteiger partial charge on any atom is 0.232 e. The van der Waals surface area contributed by atoms with Crippen LogP contribution in [0.2, 0.25) is 0 Å². The van der Waals surface area contributed by atoms with E-state index in [2.05, 4.69) is 12.6 Å². The van der Waals surface area contributed by atoms with Gasteiger partial charge in [-0.2, -0.15) is 12.6 Å². The Bertz CT molecular complexity index is 163. The summed E-state index contributed by atoms with van der Waals surface area (Å²) in [6, 6.07) is 0. The Balaban J connectivity index is 2.30. The number of carbonyl (C=O) groups is 1. The van der Waals surface area contributed by atoms with Gasteiger partial charge in [0.15, 0.2) is 0 Å². The highest BCUT2D eigenvalue weighted by Crippen LogP contribution is 2.19. The van der Waals surface area contributed by atoms with Crippen LogP contribution < -0.4 is 0 Å². The van der Waals surface area contributed by atoms with E-state index in [1.165, 1.54) is 0 Å². The standard InChI is InChI=1S/C8H15NO2S/c10-4-2-7-1-3-9(5-7)8(11)6-12/h7,10,12H,1-6H2. The molecule has 1 atom stereocenters. The van der Waals surface area contributed by atoms with Gasteiger partial charge in [0, 0.05) is 19.7 Å². The predicted octanol–water partition coefficient (Wildman–Crippen LogP) is 0.147. The van der Waals surface area contributed by atoms with Crippen LogP contribution in [-0.2, 0) is 4.79 Å². The van der Waals surface area contributed by atoms with Crippen LogP contribution in [0.15, 0.2) is 0 Å². The molecular formula is C8H15NO2S. The number of rotatable bonds is 3. The molecule has 1 aliphatic rings. The van der Waals surface area contributed by atoms with E-state index in [9.17, 15) is 4.79 Å². The molecular weight excluding hydrogens is 174 g/mol. The molecule has 1 unspecified atom stereocenters. The van der Waals surface area contributed by atoms with E-state index in [1.807, 2.05) is 4.90 Å². The molecule has 12 heavy (non-hydrogen) atoms. The summed E-state index contributed by atoms with van der Waals surface area (Å²) in [5, 5.41) is 8.69. The third-order valence-electron chi connectivity index (χ3n) is 2.31. The van der Waals surface area contributed by atoms with E-state index in [0.29, 0.717) is 11.7 Å². The summed E-state index contributed by atoms with van der Waals surface area (Å²) in [5.41, 5.74) is 0. The zero-order valence-electron chi connectivity index (χ0n) is 7.07. The fourth-order valence-corrected chi connectivity index (χ4v) is 1.78. The van der Waals surface area contributed by atoms with Crippen LogP contribution in [-0.4, -0.2) is 41.4 Å². The Morgan fingerprint density at radius 3 is 3.00 bits per heavy atom. The lowest BCUT2D eigenvalue weighted by molar-refractivity contribution is -0.127. The molecule has 0 aromatic rings. The predicted molar refractivity (Wildman–Crippen MR) is 50.2 cm³/mol. The molecule has 0 radical (unpaired) electrons. The Hall–Kier alpha value is -0.220. The average molecular weight is 189 g/mol. The molecule has 1 rings (SSSR count). The first-order valence-corrected chi connectivity index (χ1v) is 4.90. The second-order valence-corrected chi connectivity index (χ2v) is 3.48. The minimum Gasteiger partial charge on any atom is -0.396 e. The number of likely N-dealkylation sites (tertiary alicyclic amines) is 1. The van der Waals surface area contributed by atoms with Gasteiger partial charge in [-0.15, -0.1) is 0 Å². The van der Waals surface area contributed by atoms with Gasteiger partial charge in [-0.25, -0.2) is 0 Å². The Kier molecular flexibility index (Phi) is 3.88. The smallest absolute Gasteiger partial charge is 0.232 e. The van der Waals surface area contributed by atoms with Crippen LogP contribution in [0.25, 0.3) is 0 Å². The number of thiol groups is 1. The van der Waals surface area contributed by atoms with Gasteiger partial charge in [0.2, 0.25) is 5.91 Å². The van der Waals surface area contributed by atoms with Crippen molar-refractivity contribution in [3.05, 3.63) is 0 Å². The van der Waals surface area contributed by atoms with Crippen molar-refractivity contribution in [2.45, 2.75) is 12.8 Å². The van der Waals surface area contributed by atoms with Gasteiger partial charge in [0.25, 0.3) is 0 Å². The quantitative estimate of drug-likeness (QED) is 0.620. The Morgan fingerprint density at radius 2 is 2.42 bits per heavy atom. The molecule has 0 aromatic heterocycles. The third kappa shape index (κ3) is 2.38. The van der Waals surface area contributed by atoms with Crippen molar-refractivity contribution >= 4 is 18.5 Å². The van der Waals surface area contributed by atoms with E-state index in [-0.39, 0.29) is 12.5 Å². The summed E-state index contributed by atoms with van der Waals surface area (Å²) in [7, 11) is 0. The maximum absolute atomic E-state index is 11.2. The Labute approximate surface area is 78.2 Å². The molecule has 1 heterocycles. The largest absolute Gasteiger partial charge is 0.396 e. The van der Waals surface area contributed by atoms with E-state index >= 15 is 0 Å².